The number of nitrogens with one attached hydrogen (secondary N) is 2. The van der Waals surface area contributed by atoms with E-state index in [0.717, 1.165) is 4.31 Å². The maximum absolute atomic E-state index is 13.4. The van der Waals surface area contributed by atoms with Crippen molar-refractivity contribution in [3.8, 4) is 0 Å². The molecule has 0 unspecified atom stereocenters. The summed E-state index contributed by atoms with van der Waals surface area (Å²) in [4.78, 5) is 12.4. The zero-order chi connectivity index (χ0) is 24.8. The van der Waals surface area contributed by atoms with Gasteiger partial charge in [0.1, 0.15) is 5.76 Å². The van der Waals surface area contributed by atoms with Gasteiger partial charge in [0.15, 0.2) is 0 Å². The van der Waals surface area contributed by atoms with E-state index in [1.165, 1.54) is 30.5 Å². The van der Waals surface area contributed by atoms with Crippen LogP contribution in [-0.2, 0) is 31.4 Å². The molecule has 0 saturated carbocycles. The topological polar surface area (TPSA) is 126 Å². The van der Waals surface area contributed by atoms with Crippen LogP contribution in [0.3, 0.4) is 0 Å². The number of anilines is 1. The molecule has 1 heterocycles. The predicted molar refractivity (Wildman–Crippen MR) is 128 cm³/mol. The lowest BCUT2D eigenvalue weighted by molar-refractivity contribution is -0.116. The van der Waals surface area contributed by atoms with Gasteiger partial charge in [-0.15, -0.1) is 0 Å². The maximum Gasteiger partial charge on any atom is 0.243 e. The zero-order valence-electron chi connectivity index (χ0n) is 18.8. The summed E-state index contributed by atoms with van der Waals surface area (Å²) in [5.41, 5.74) is 0.534. The van der Waals surface area contributed by atoms with Crippen molar-refractivity contribution < 1.29 is 26.0 Å². The molecule has 1 aromatic heterocycles. The molecule has 0 radical (unpaired) electrons. The molecule has 0 aliphatic rings. The van der Waals surface area contributed by atoms with E-state index in [2.05, 4.69) is 10.0 Å². The number of carbonyl (C=O) groups excluding carboxylic acids is 1. The highest BCUT2D eigenvalue weighted by molar-refractivity contribution is 7.89. The van der Waals surface area contributed by atoms with Crippen LogP contribution in [0.4, 0.5) is 5.69 Å². The molecule has 182 valence electrons. The Hall–Kier alpha value is -2.99. The summed E-state index contributed by atoms with van der Waals surface area (Å²) in [5, 5.41) is 2.66. The summed E-state index contributed by atoms with van der Waals surface area (Å²) in [6.45, 7) is 2.95. The number of hydrogen-bond acceptors (Lipinski definition) is 6. The minimum atomic E-state index is -4.16. The summed E-state index contributed by atoms with van der Waals surface area (Å²) in [5.74, 6) is -0.175. The summed E-state index contributed by atoms with van der Waals surface area (Å²) in [6, 6.07) is 16.5. The van der Waals surface area contributed by atoms with Gasteiger partial charge in [-0.3, -0.25) is 4.79 Å². The quantitative estimate of drug-likeness (QED) is 0.412. The number of rotatable bonds is 11. The van der Waals surface area contributed by atoms with Crippen LogP contribution in [0.25, 0.3) is 0 Å². The van der Waals surface area contributed by atoms with Crippen LogP contribution in [-0.4, -0.2) is 39.6 Å². The van der Waals surface area contributed by atoms with Crippen molar-refractivity contribution in [2.75, 3.05) is 11.9 Å². The molecule has 34 heavy (non-hydrogen) atoms. The number of sulfonamides is 2. The lowest BCUT2D eigenvalue weighted by Gasteiger charge is -2.21. The first-order chi connectivity index (χ1) is 16.1. The molecule has 9 nitrogen and oxygen atoms in total. The second-order valence-corrected chi connectivity index (χ2v) is 11.3. The minimum Gasteiger partial charge on any atom is -0.468 e. The Morgan fingerprint density at radius 3 is 2.18 bits per heavy atom. The van der Waals surface area contributed by atoms with E-state index in [9.17, 15) is 21.6 Å². The minimum absolute atomic E-state index is 0.0499. The average Bonchev–Trinajstić information content (AvgIpc) is 3.32. The Kier molecular flexibility index (Phi) is 8.26. The fourth-order valence-electron chi connectivity index (χ4n) is 3.04. The van der Waals surface area contributed by atoms with Gasteiger partial charge >= 0.3 is 0 Å². The van der Waals surface area contributed by atoms with Crippen molar-refractivity contribution in [1.29, 1.82) is 0 Å². The van der Waals surface area contributed by atoms with Crippen LogP contribution in [0.2, 0.25) is 0 Å². The monoisotopic (exact) mass is 505 g/mol. The highest BCUT2D eigenvalue weighted by Gasteiger charge is 2.28. The molecule has 1 atom stereocenters. The Morgan fingerprint density at radius 2 is 1.59 bits per heavy atom. The van der Waals surface area contributed by atoms with Crippen LogP contribution >= 0.6 is 0 Å². The van der Waals surface area contributed by atoms with Crippen molar-refractivity contribution in [3.63, 3.8) is 0 Å². The second kappa shape index (κ2) is 11.0. The Bertz CT molecular complexity index is 1290. The zero-order valence-corrected chi connectivity index (χ0v) is 20.5. The van der Waals surface area contributed by atoms with Crippen molar-refractivity contribution in [1.82, 2.24) is 9.03 Å². The Balaban J connectivity index is 1.85. The normalized spacial score (nSPS) is 13.0. The summed E-state index contributed by atoms with van der Waals surface area (Å²) in [6.07, 6.45) is 2.02. The van der Waals surface area contributed by atoms with Crippen LogP contribution in [0.5, 0.6) is 0 Å². The first-order valence-electron chi connectivity index (χ1n) is 10.6. The van der Waals surface area contributed by atoms with Crippen LogP contribution in [0, 0.1) is 0 Å². The fourth-order valence-corrected chi connectivity index (χ4v) is 5.73. The van der Waals surface area contributed by atoms with E-state index < -0.39 is 32.5 Å². The van der Waals surface area contributed by atoms with E-state index in [-0.39, 0.29) is 22.4 Å². The largest absolute Gasteiger partial charge is 0.468 e. The highest BCUT2D eigenvalue weighted by Crippen LogP contribution is 2.21. The van der Waals surface area contributed by atoms with Crippen LogP contribution in [0.1, 0.15) is 26.0 Å². The number of benzene rings is 2. The number of amides is 1. The molecular weight excluding hydrogens is 478 g/mol. The molecule has 0 spiro atoms. The number of furan rings is 1. The van der Waals surface area contributed by atoms with E-state index in [4.69, 9.17) is 4.42 Å². The molecule has 3 rings (SSSR count). The number of nitrogens with zero attached hydrogens (tertiary/aromatic N) is 1. The molecule has 0 aliphatic heterocycles. The summed E-state index contributed by atoms with van der Waals surface area (Å²) >= 11 is 0. The van der Waals surface area contributed by atoms with Gasteiger partial charge in [-0.05, 0) is 61.9 Å². The van der Waals surface area contributed by atoms with Gasteiger partial charge in [-0.1, -0.05) is 25.1 Å². The van der Waals surface area contributed by atoms with E-state index in [0.29, 0.717) is 17.9 Å². The van der Waals surface area contributed by atoms with Crippen molar-refractivity contribution in [2.45, 2.75) is 42.6 Å². The van der Waals surface area contributed by atoms with Gasteiger partial charge in [0, 0.05) is 11.7 Å². The predicted octanol–water partition coefficient (Wildman–Crippen LogP) is 3.19. The molecule has 0 saturated heterocycles. The molecule has 2 aromatic carbocycles. The Labute approximate surface area is 199 Å². The summed E-state index contributed by atoms with van der Waals surface area (Å²) in [7, 11) is -7.94. The fraction of sp³-hybridized carbons (Fsp3) is 0.261. The van der Waals surface area contributed by atoms with E-state index >= 15 is 0 Å². The molecule has 11 heteroatoms. The lowest BCUT2D eigenvalue weighted by atomic mass is 10.3. The smallest absolute Gasteiger partial charge is 0.243 e. The van der Waals surface area contributed by atoms with Crippen molar-refractivity contribution in [3.05, 3.63) is 78.8 Å². The molecular formula is C23H27N3O6S2. The van der Waals surface area contributed by atoms with E-state index in [1.807, 2.05) is 6.92 Å². The average molecular weight is 506 g/mol. The van der Waals surface area contributed by atoms with Gasteiger partial charge in [0.25, 0.3) is 0 Å². The lowest BCUT2D eigenvalue weighted by Crippen LogP contribution is -2.37. The molecule has 1 amide bonds. The second-order valence-electron chi connectivity index (χ2n) is 7.67. The first kappa shape index (κ1) is 25.6. The van der Waals surface area contributed by atoms with Crippen LogP contribution < -0.4 is 10.0 Å². The molecule has 0 fully saturated rings. The standard InChI is InChI=1S/C23H27N3O6S2/c1-3-18(2)25-33(28,29)21-11-13-22(14-12-21)34(30,31)26(16-20-10-7-15-32-20)17-23(27)24-19-8-5-4-6-9-19/h4-15,18,25H,3,16-17H2,1-2H3,(H,24,27)/t18-/m1/s1. The van der Waals surface area contributed by atoms with Gasteiger partial charge in [-0.25, -0.2) is 21.6 Å². The third kappa shape index (κ3) is 6.54. The number of para-hydroxylation sites is 1. The van der Waals surface area contributed by atoms with Gasteiger partial charge in [0.05, 0.1) is 29.1 Å². The SMILES string of the molecule is CC[C@@H](C)NS(=O)(=O)c1ccc(S(=O)(=O)N(CC(=O)Nc2ccccc2)Cc2ccco2)cc1. The number of carbonyl (C=O) groups is 1. The summed E-state index contributed by atoms with van der Waals surface area (Å²) < 4.78 is 60.5. The third-order valence-corrected chi connectivity index (χ3v) is 8.44. The molecule has 0 bridgehead atoms. The van der Waals surface area contributed by atoms with Crippen molar-refractivity contribution in [2.24, 2.45) is 0 Å². The highest BCUT2D eigenvalue weighted by atomic mass is 32.2. The maximum atomic E-state index is 13.4. The van der Waals surface area contributed by atoms with Crippen molar-refractivity contribution >= 4 is 31.6 Å². The Morgan fingerprint density at radius 1 is 0.941 bits per heavy atom. The van der Waals surface area contributed by atoms with Crippen LogP contribution in [0.15, 0.2) is 87.2 Å². The first-order valence-corrected chi connectivity index (χ1v) is 13.5. The molecule has 3 aromatic rings. The third-order valence-electron chi connectivity index (χ3n) is 5.03. The molecule has 0 aliphatic carbocycles. The molecule has 2 N–H and O–H groups in total. The van der Waals surface area contributed by atoms with Gasteiger partial charge in [0.2, 0.25) is 26.0 Å². The van der Waals surface area contributed by atoms with E-state index in [1.54, 1.807) is 49.4 Å². The number of hydrogen-bond donors (Lipinski definition) is 2. The van der Waals surface area contributed by atoms with Gasteiger partial charge < -0.3 is 9.73 Å². The van der Waals surface area contributed by atoms with Gasteiger partial charge in [-0.2, -0.15) is 4.31 Å².